The van der Waals surface area contributed by atoms with Gasteiger partial charge in [0, 0.05) is 12.7 Å². The van der Waals surface area contributed by atoms with Crippen LogP contribution in [0.5, 0.6) is 0 Å². The Morgan fingerprint density at radius 3 is 2.87 bits per heavy atom. The number of nitrogen functional groups attached to an aromatic ring is 1. The van der Waals surface area contributed by atoms with Gasteiger partial charge in [0.15, 0.2) is 0 Å². The van der Waals surface area contributed by atoms with Gasteiger partial charge in [0.05, 0.1) is 11.7 Å². The summed E-state index contributed by atoms with van der Waals surface area (Å²) in [6.07, 6.45) is 4.48. The topological polar surface area (TPSA) is 84.0 Å². The van der Waals surface area contributed by atoms with Crippen LogP contribution in [0.2, 0.25) is 0 Å². The molecule has 0 aliphatic rings. The molecule has 7 heteroatoms. The van der Waals surface area contributed by atoms with Gasteiger partial charge in [-0.2, -0.15) is 16.9 Å². The van der Waals surface area contributed by atoms with Gasteiger partial charge >= 0.3 is 29.6 Å². The molecule has 78 valence electrons. The largest absolute Gasteiger partial charge is 1.00 e. The first-order valence-corrected chi connectivity index (χ1v) is 5.57. The van der Waals surface area contributed by atoms with Gasteiger partial charge in [-0.05, 0) is 18.4 Å². The molecule has 0 aromatic carbocycles. The molecule has 1 aromatic rings. The van der Waals surface area contributed by atoms with Crippen molar-refractivity contribution in [3.05, 3.63) is 11.9 Å². The maximum absolute atomic E-state index is 10.5. The molecule has 0 fully saturated rings. The summed E-state index contributed by atoms with van der Waals surface area (Å²) in [5.41, 5.74) is 5.43. The van der Waals surface area contributed by atoms with Gasteiger partial charge < -0.3 is 15.6 Å². The summed E-state index contributed by atoms with van der Waals surface area (Å²) in [6, 6.07) is 0. The third-order valence-electron chi connectivity index (χ3n) is 1.72. The number of carbonyl (C=O) groups is 1. The molecule has 0 radical (unpaired) electrons. The predicted molar refractivity (Wildman–Crippen MR) is 54.0 cm³/mol. The molecular weight excluding hydrogens is 225 g/mol. The molecule has 0 spiro atoms. The molecule has 0 saturated carbocycles. The molecule has 0 unspecified atom stereocenters. The van der Waals surface area contributed by atoms with Crippen molar-refractivity contribution in [3.63, 3.8) is 0 Å². The summed E-state index contributed by atoms with van der Waals surface area (Å²) >= 11 is 1.74. The first kappa shape index (κ1) is 14.8. The SMILES string of the molecule is CSCCCn1cc(N)c(C(=O)[O-])n1.[Na+]. The monoisotopic (exact) mass is 237 g/mol. The zero-order chi connectivity index (χ0) is 10.6. The van der Waals surface area contributed by atoms with Gasteiger partial charge in [0.1, 0.15) is 5.69 Å². The average Bonchev–Trinajstić information content (AvgIpc) is 2.47. The Hall–Kier alpha value is -0.170. The Morgan fingerprint density at radius 2 is 2.40 bits per heavy atom. The van der Waals surface area contributed by atoms with E-state index in [0.717, 1.165) is 12.2 Å². The van der Waals surface area contributed by atoms with Crippen LogP contribution in [-0.4, -0.2) is 27.8 Å². The normalized spacial score (nSPS) is 9.67. The van der Waals surface area contributed by atoms with Crippen LogP contribution >= 0.6 is 11.8 Å². The number of carboxylic acids is 1. The second-order valence-corrected chi connectivity index (χ2v) is 3.82. The summed E-state index contributed by atoms with van der Waals surface area (Å²) in [4.78, 5) is 10.5. The van der Waals surface area contributed by atoms with Crippen molar-refractivity contribution in [1.82, 2.24) is 9.78 Å². The first-order valence-electron chi connectivity index (χ1n) is 4.18. The zero-order valence-electron chi connectivity index (χ0n) is 8.90. The van der Waals surface area contributed by atoms with Crippen LogP contribution in [0.3, 0.4) is 0 Å². The predicted octanol–water partition coefficient (Wildman–Crippen LogP) is -3.41. The maximum Gasteiger partial charge on any atom is 1.00 e. The van der Waals surface area contributed by atoms with Crippen molar-refractivity contribution in [2.45, 2.75) is 13.0 Å². The zero-order valence-corrected chi connectivity index (χ0v) is 11.7. The summed E-state index contributed by atoms with van der Waals surface area (Å²) in [6.45, 7) is 0.679. The van der Waals surface area contributed by atoms with E-state index in [9.17, 15) is 9.90 Å². The molecule has 1 rings (SSSR count). The molecule has 2 N–H and O–H groups in total. The molecule has 0 bridgehead atoms. The molecule has 1 aromatic heterocycles. The van der Waals surface area contributed by atoms with Crippen LogP contribution in [-0.2, 0) is 6.54 Å². The molecule has 15 heavy (non-hydrogen) atoms. The van der Waals surface area contributed by atoms with E-state index in [2.05, 4.69) is 5.10 Å². The smallest absolute Gasteiger partial charge is 0.543 e. The number of aryl methyl sites for hydroxylation is 1. The van der Waals surface area contributed by atoms with Gasteiger partial charge in [-0.25, -0.2) is 0 Å². The van der Waals surface area contributed by atoms with Crippen LogP contribution in [0, 0.1) is 0 Å². The van der Waals surface area contributed by atoms with E-state index in [1.807, 2.05) is 6.26 Å². The Kier molecular flexibility index (Phi) is 7.08. The van der Waals surface area contributed by atoms with Crippen molar-refractivity contribution >= 4 is 23.4 Å². The Labute approximate surface area is 115 Å². The van der Waals surface area contributed by atoms with E-state index in [0.29, 0.717) is 6.54 Å². The summed E-state index contributed by atoms with van der Waals surface area (Å²) in [5.74, 6) is -0.313. The summed E-state index contributed by atoms with van der Waals surface area (Å²) in [7, 11) is 0. The number of carbonyl (C=O) groups excluding carboxylic acids is 1. The Balaban J connectivity index is 0.00000196. The van der Waals surface area contributed by atoms with Crippen LogP contribution in [0.4, 0.5) is 5.69 Å². The number of thioether (sulfide) groups is 1. The van der Waals surface area contributed by atoms with Gasteiger partial charge in [0.25, 0.3) is 0 Å². The fourth-order valence-corrected chi connectivity index (χ4v) is 1.50. The summed E-state index contributed by atoms with van der Waals surface area (Å²) in [5, 5.41) is 14.3. The van der Waals surface area contributed by atoms with Gasteiger partial charge in [0.2, 0.25) is 0 Å². The number of nitrogens with zero attached hydrogens (tertiary/aromatic N) is 2. The number of nitrogens with two attached hydrogens (primary N) is 1. The molecule has 0 atom stereocenters. The van der Waals surface area contributed by atoms with E-state index in [1.165, 1.54) is 10.9 Å². The van der Waals surface area contributed by atoms with Crippen molar-refractivity contribution in [2.75, 3.05) is 17.7 Å². The third kappa shape index (κ3) is 4.46. The number of aromatic nitrogens is 2. The second-order valence-electron chi connectivity index (χ2n) is 2.83. The first-order chi connectivity index (χ1) is 6.65. The number of hydrogen-bond donors (Lipinski definition) is 1. The van der Waals surface area contributed by atoms with Crippen molar-refractivity contribution in [3.8, 4) is 0 Å². The molecule has 0 amide bonds. The van der Waals surface area contributed by atoms with E-state index < -0.39 is 5.97 Å². The van der Waals surface area contributed by atoms with Crippen LogP contribution in [0.15, 0.2) is 6.20 Å². The fourth-order valence-electron chi connectivity index (χ4n) is 1.08. The summed E-state index contributed by atoms with van der Waals surface area (Å²) < 4.78 is 1.54. The molecule has 5 nitrogen and oxygen atoms in total. The molecular formula is C8H12N3NaO2S. The number of aromatic carboxylic acids is 1. The average molecular weight is 237 g/mol. The van der Waals surface area contributed by atoms with Crippen LogP contribution < -0.4 is 40.4 Å². The number of anilines is 1. The van der Waals surface area contributed by atoms with Gasteiger partial charge in [-0.1, -0.05) is 0 Å². The van der Waals surface area contributed by atoms with Crippen LogP contribution in [0.25, 0.3) is 0 Å². The minimum atomic E-state index is -1.33. The molecule has 0 aliphatic carbocycles. The standard InChI is InChI=1S/C8H13N3O2S.Na/c1-14-4-2-3-11-5-6(9)7(10-11)8(12)13;/h5H,2-4,9H2,1H3,(H,12,13);/q;+1/p-1. The van der Waals surface area contributed by atoms with Crippen molar-refractivity contribution in [2.24, 2.45) is 0 Å². The van der Waals surface area contributed by atoms with Crippen molar-refractivity contribution in [1.29, 1.82) is 0 Å². The van der Waals surface area contributed by atoms with Gasteiger partial charge in [-0.3, -0.25) is 4.68 Å². The quantitative estimate of drug-likeness (QED) is 0.426. The maximum atomic E-state index is 10.5. The third-order valence-corrected chi connectivity index (χ3v) is 2.42. The minimum absolute atomic E-state index is 0. The van der Waals surface area contributed by atoms with Crippen LogP contribution in [0.1, 0.15) is 16.9 Å². The number of hydrogen-bond acceptors (Lipinski definition) is 5. The van der Waals surface area contributed by atoms with Crippen molar-refractivity contribution < 1.29 is 39.5 Å². The Morgan fingerprint density at radius 1 is 1.73 bits per heavy atom. The number of rotatable bonds is 5. The van der Waals surface area contributed by atoms with E-state index >= 15 is 0 Å². The molecule has 0 aliphatic heterocycles. The van der Waals surface area contributed by atoms with E-state index in [1.54, 1.807) is 11.8 Å². The minimum Gasteiger partial charge on any atom is -0.543 e. The van der Waals surface area contributed by atoms with E-state index in [4.69, 9.17) is 5.73 Å². The number of carboxylic acid groups (broad SMARTS) is 1. The fraction of sp³-hybridized carbons (Fsp3) is 0.500. The Bertz CT molecular complexity index is 330. The second kappa shape index (κ2) is 7.16. The van der Waals surface area contributed by atoms with Gasteiger partial charge in [-0.15, -0.1) is 0 Å². The molecule has 0 saturated heterocycles. The van der Waals surface area contributed by atoms with E-state index in [-0.39, 0.29) is 40.9 Å². The molecule has 1 heterocycles.